The number of aryl methyl sites for hydroxylation is 1. The first-order valence-electron chi connectivity index (χ1n) is 8.67. The molecular formula is C19H29NO. The van der Waals surface area contributed by atoms with E-state index in [0.717, 1.165) is 30.9 Å². The van der Waals surface area contributed by atoms with Gasteiger partial charge in [-0.3, -0.25) is 0 Å². The van der Waals surface area contributed by atoms with Crippen molar-refractivity contribution in [1.29, 1.82) is 0 Å². The minimum atomic E-state index is 0.682. The number of benzene rings is 1. The van der Waals surface area contributed by atoms with E-state index in [0.29, 0.717) is 6.04 Å². The van der Waals surface area contributed by atoms with Crippen LogP contribution in [0.5, 0.6) is 0 Å². The molecule has 3 rings (SSSR count). The van der Waals surface area contributed by atoms with Gasteiger partial charge in [0.15, 0.2) is 0 Å². The summed E-state index contributed by atoms with van der Waals surface area (Å²) in [4.78, 5) is 0. The summed E-state index contributed by atoms with van der Waals surface area (Å²) < 4.78 is 5.24. The average Bonchev–Trinajstić information content (AvgIpc) is 3.26. The molecule has 0 bridgehead atoms. The fourth-order valence-electron chi connectivity index (χ4n) is 4.38. The molecule has 0 aliphatic heterocycles. The Morgan fingerprint density at radius 1 is 1.33 bits per heavy atom. The van der Waals surface area contributed by atoms with Gasteiger partial charge in [0.25, 0.3) is 0 Å². The molecule has 1 saturated carbocycles. The van der Waals surface area contributed by atoms with Crippen LogP contribution in [-0.4, -0.2) is 26.3 Å². The number of hydrogen-bond acceptors (Lipinski definition) is 2. The molecule has 116 valence electrons. The van der Waals surface area contributed by atoms with Crippen molar-refractivity contribution >= 4 is 0 Å². The number of nitrogens with one attached hydrogen (secondary N) is 1. The molecule has 2 heteroatoms. The number of fused-ring (bicyclic) bond motifs is 3. The van der Waals surface area contributed by atoms with Crippen LogP contribution >= 0.6 is 0 Å². The number of rotatable bonds is 8. The maximum Gasteiger partial charge on any atom is 0.0462 e. The van der Waals surface area contributed by atoms with Crippen molar-refractivity contribution in [2.24, 2.45) is 11.8 Å². The van der Waals surface area contributed by atoms with Crippen molar-refractivity contribution in [2.75, 3.05) is 20.3 Å². The molecule has 2 aliphatic carbocycles. The third-order valence-corrected chi connectivity index (χ3v) is 5.38. The van der Waals surface area contributed by atoms with Crippen LogP contribution < -0.4 is 5.32 Å². The van der Waals surface area contributed by atoms with Gasteiger partial charge in [0.05, 0.1) is 0 Å². The van der Waals surface area contributed by atoms with E-state index in [9.17, 15) is 0 Å². The summed E-state index contributed by atoms with van der Waals surface area (Å²) in [6.07, 6.45) is 6.33. The fourth-order valence-corrected chi connectivity index (χ4v) is 4.38. The van der Waals surface area contributed by atoms with Crippen molar-refractivity contribution in [1.82, 2.24) is 5.32 Å². The summed E-state index contributed by atoms with van der Waals surface area (Å²) in [6.45, 7) is 4.30. The molecule has 2 aliphatic rings. The van der Waals surface area contributed by atoms with Gasteiger partial charge in [-0.05, 0) is 67.5 Å². The van der Waals surface area contributed by atoms with Crippen LogP contribution in [0.15, 0.2) is 24.3 Å². The Morgan fingerprint density at radius 3 is 3.00 bits per heavy atom. The van der Waals surface area contributed by atoms with E-state index in [-0.39, 0.29) is 0 Å². The van der Waals surface area contributed by atoms with Gasteiger partial charge in [0, 0.05) is 19.8 Å². The zero-order chi connectivity index (χ0) is 14.7. The summed E-state index contributed by atoms with van der Waals surface area (Å²) in [7, 11) is 1.81. The van der Waals surface area contributed by atoms with Crippen LogP contribution in [0.3, 0.4) is 0 Å². The van der Waals surface area contributed by atoms with E-state index in [2.05, 4.69) is 36.5 Å². The molecule has 4 atom stereocenters. The highest BCUT2D eigenvalue weighted by Crippen LogP contribution is 2.61. The molecule has 0 radical (unpaired) electrons. The van der Waals surface area contributed by atoms with Gasteiger partial charge in [-0.25, -0.2) is 0 Å². The third-order valence-electron chi connectivity index (χ3n) is 5.38. The predicted octanol–water partition coefficient (Wildman–Crippen LogP) is 3.76. The van der Waals surface area contributed by atoms with Gasteiger partial charge in [-0.1, -0.05) is 31.2 Å². The molecule has 1 N–H and O–H groups in total. The maximum atomic E-state index is 5.24. The zero-order valence-corrected chi connectivity index (χ0v) is 13.5. The summed E-state index contributed by atoms with van der Waals surface area (Å²) in [5.74, 6) is 2.61. The van der Waals surface area contributed by atoms with Crippen LogP contribution in [0.4, 0.5) is 0 Å². The van der Waals surface area contributed by atoms with Crippen LogP contribution in [0, 0.1) is 11.8 Å². The number of hydrogen-bond donors (Lipinski definition) is 1. The topological polar surface area (TPSA) is 21.3 Å². The van der Waals surface area contributed by atoms with Crippen molar-refractivity contribution in [2.45, 2.75) is 51.0 Å². The molecule has 1 aromatic rings. The lowest BCUT2D eigenvalue weighted by Crippen LogP contribution is -2.33. The van der Waals surface area contributed by atoms with Gasteiger partial charge >= 0.3 is 0 Å². The number of methoxy groups -OCH3 is 1. The smallest absolute Gasteiger partial charge is 0.0462 e. The highest BCUT2D eigenvalue weighted by atomic mass is 16.5. The van der Waals surface area contributed by atoms with E-state index in [4.69, 9.17) is 4.74 Å². The van der Waals surface area contributed by atoms with Gasteiger partial charge in [0.2, 0.25) is 0 Å². The Labute approximate surface area is 129 Å². The van der Waals surface area contributed by atoms with Gasteiger partial charge in [-0.15, -0.1) is 0 Å². The Hall–Kier alpha value is -0.860. The number of ether oxygens (including phenoxy) is 1. The molecule has 0 aromatic heterocycles. The first-order chi connectivity index (χ1) is 10.4. The molecule has 0 heterocycles. The van der Waals surface area contributed by atoms with Crippen molar-refractivity contribution in [3.8, 4) is 0 Å². The minimum absolute atomic E-state index is 0.682. The quantitative estimate of drug-likeness (QED) is 0.735. The van der Waals surface area contributed by atoms with E-state index < -0.39 is 0 Å². The van der Waals surface area contributed by atoms with Crippen molar-refractivity contribution in [3.05, 3.63) is 35.4 Å². The molecule has 21 heavy (non-hydrogen) atoms. The maximum absolute atomic E-state index is 5.24. The molecule has 0 spiro atoms. The second-order valence-electron chi connectivity index (χ2n) is 6.70. The molecule has 1 fully saturated rings. The normalized spacial score (nSPS) is 27.8. The molecule has 1 aromatic carbocycles. The van der Waals surface area contributed by atoms with Gasteiger partial charge < -0.3 is 10.1 Å². The Balaban J connectivity index is 1.67. The average molecular weight is 287 g/mol. The van der Waals surface area contributed by atoms with E-state index >= 15 is 0 Å². The first kappa shape index (κ1) is 15.1. The largest absolute Gasteiger partial charge is 0.385 e. The Kier molecular flexibility index (Phi) is 4.97. The molecule has 0 saturated heterocycles. The standard InChI is InChI=1S/C19H29NO/c1-3-12-20-17(9-6-13-21-2)19-16-11-10-14-7-4-5-8-15(14)18(16)19/h4-5,7-8,16-20H,3,6,9-13H2,1-2H3. The Bertz CT molecular complexity index is 459. The van der Waals surface area contributed by atoms with Crippen molar-refractivity contribution < 1.29 is 4.74 Å². The molecule has 4 unspecified atom stereocenters. The van der Waals surface area contributed by atoms with E-state index in [1.165, 1.54) is 32.1 Å². The van der Waals surface area contributed by atoms with Crippen molar-refractivity contribution in [3.63, 3.8) is 0 Å². The highest BCUT2D eigenvalue weighted by Gasteiger charge is 2.55. The fraction of sp³-hybridized carbons (Fsp3) is 0.684. The second-order valence-corrected chi connectivity index (χ2v) is 6.70. The molecular weight excluding hydrogens is 258 g/mol. The van der Waals surface area contributed by atoms with Crippen LogP contribution in [0.25, 0.3) is 0 Å². The SMILES string of the molecule is CCCNC(CCCOC)C1C2CCc3ccccc3C21. The monoisotopic (exact) mass is 287 g/mol. The lowest BCUT2D eigenvalue weighted by Gasteiger charge is -2.19. The third kappa shape index (κ3) is 3.17. The lowest BCUT2D eigenvalue weighted by molar-refractivity contribution is 0.186. The zero-order valence-electron chi connectivity index (χ0n) is 13.5. The van der Waals surface area contributed by atoms with Crippen LogP contribution in [-0.2, 0) is 11.2 Å². The summed E-state index contributed by atoms with van der Waals surface area (Å²) in [6, 6.07) is 9.80. The minimum Gasteiger partial charge on any atom is -0.385 e. The van der Waals surface area contributed by atoms with E-state index in [1.807, 2.05) is 7.11 Å². The molecule has 0 amide bonds. The van der Waals surface area contributed by atoms with Gasteiger partial charge in [-0.2, -0.15) is 0 Å². The summed E-state index contributed by atoms with van der Waals surface area (Å²) in [5, 5.41) is 3.82. The predicted molar refractivity (Wildman–Crippen MR) is 87.7 cm³/mol. The highest BCUT2D eigenvalue weighted by molar-refractivity contribution is 5.40. The first-order valence-corrected chi connectivity index (χ1v) is 8.67. The molecule has 2 nitrogen and oxygen atoms in total. The van der Waals surface area contributed by atoms with Gasteiger partial charge in [0.1, 0.15) is 0 Å². The summed E-state index contributed by atoms with van der Waals surface area (Å²) in [5.41, 5.74) is 3.25. The van der Waals surface area contributed by atoms with Crippen LogP contribution in [0.2, 0.25) is 0 Å². The van der Waals surface area contributed by atoms with E-state index in [1.54, 1.807) is 11.1 Å². The lowest BCUT2D eigenvalue weighted by atomic mass is 9.92. The van der Waals surface area contributed by atoms with Crippen LogP contribution in [0.1, 0.15) is 49.7 Å². The summed E-state index contributed by atoms with van der Waals surface area (Å²) >= 11 is 0. The second kappa shape index (κ2) is 6.93. The Morgan fingerprint density at radius 2 is 2.19 bits per heavy atom.